The van der Waals surface area contributed by atoms with Crippen LogP contribution in [0.5, 0.6) is 11.5 Å². The number of guanidine groups is 1. The highest BCUT2D eigenvalue weighted by Crippen LogP contribution is 2.31. The van der Waals surface area contributed by atoms with Crippen LogP contribution >= 0.6 is 24.0 Å². The first kappa shape index (κ1) is 23.8. The third-order valence-electron chi connectivity index (χ3n) is 4.86. The van der Waals surface area contributed by atoms with E-state index in [4.69, 9.17) is 14.2 Å². The van der Waals surface area contributed by atoms with Crippen molar-refractivity contribution in [3.63, 3.8) is 0 Å². The number of ether oxygens (including phenoxy) is 3. The Bertz CT molecular complexity index is 592. The SMILES string of the molecule is CN=C(NCCc1cc(OC)ccc1OC)NCC1(CCO)CCOC1.I. The van der Waals surface area contributed by atoms with Crippen LogP contribution in [0.1, 0.15) is 18.4 Å². The van der Waals surface area contributed by atoms with Crippen LogP contribution in [0.2, 0.25) is 0 Å². The van der Waals surface area contributed by atoms with Gasteiger partial charge < -0.3 is 30.0 Å². The number of hydrogen-bond donors (Lipinski definition) is 3. The molecule has 1 aromatic rings. The summed E-state index contributed by atoms with van der Waals surface area (Å²) in [5.41, 5.74) is 1.07. The number of benzene rings is 1. The van der Waals surface area contributed by atoms with Gasteiger partial charge in [0.1, 0.15) is 11.5 Å². The predicted octanol–water partition coefficient (Wildman–Crippen LogP) is 1.82. The fourth-order valence-corrected chi connectivity index (χ4v) is 3.20. The number of aliphatic hydroxyl groups is 1. The third-order valence-corrected chi connectivity index (χ3v) is 4.86. The Labute approximate surface area is 178 Å². The first-order chi connectivity index (χ1) is 12.7. The number of aliphatic hydroxyl groups excluding tert-OH is 1. The molecule has 0 saturated carbocycles. The van der Waals surface area contributed by atoms with E-state index in [1.54, 1.807) is 21.3 Å². The fraction of sp³-hybridized carbons (Fsp3) is 0.632. The molecule has 0 spiro atoms. The van der Waals surface area contributed by atoms with Crippen molar-refractivity contribution in [2.75, 3.05) is 54.2 Å². The zero-order valence-electron chi connectivity index (χ0n) is 16.4. The molecule has 0 bridgehead atoms. The van der Waals surface area contributed by atoms with E-state index in [2.05, 4.69) is 15.6 Å². The van der Waals surface area contributed by atoms with E-state index in [0.29, 0.717) is 13.2 Å². The van der Waals surface area contributed by atoms with Crippen LogP contribution in [0.25, 0.3) is 0 Å². The molecule has 1 atom stereocenters. The minimum atomic E-state index is -0.0115. The number of nitrogens with zero attached hydrogens (tertiary/aromatic N) is 1. The van der Waals surface area contributed by atoms with Crippen molar-refractivity contribution in [3.05, 3.63) is 23.8 Å². The molecule has 1 aromatic carbocycles. The molecule has 0 radical (unpaired) electrons. The van der Waals surface area contributed by atoms with Crippen LogP contribution in [-0.4, -0.2) is 65.2 Å². The van der Waals surface area contributed by atoms with Gasteiger partial charge in [0, 0.05) is 38.8 Å². The Morgan fingerprint density at radius 2 is 2.11 bits per heavy atom. The van der Waals surface area contributed by atoms with E-state index in [-0.39, 0.29) is 36.0 Å². The van der Waals surface area contributed by atoms with Crippen LogP contribution in [0.3, 0.4) is 0 Å². The highest BCUT2D eigenvalue weighted by atomic mass is 127. The number of halogens is 1. The van der Waals surface area contributed by atoms with Crippen molar-refractivity contribution >= 4 is 29.9 Å². The molecule has 1 saturated heterocycles. The molecule has 8 heteroatoms. The number of hydrogen-bond acceptors (Lipinski definition) is 5. The van der Waals surface area contributed by atoms with Crippen LogP contribution in [-0.2, 0) is 11.2 Å². The molecule has 0 amide bonds. The van der Waals surface area contributed by atoms with E-state index in [0.717, 1.165) is 55.4 Å². The Balaban J connectivity index is 0.00000364. The zero-order chi connectivity index (χ0) is 18.8. The molecule has 7 nitrogen and oxygen atoms in total. The molecule has 0 aliphatic carbocycles. The quantitative estimate of drug-likeness (QED) is 0.277. The predicted molar refractivity (Wildman–Crippen MR) is 118 cm³/mol. The lowest BCUT2D eigenvalue weighted by Crippen LogP contribution is -2.45. The molecule has 1 unspecified atom stereocenters. The largest absolute Gasteiger partial charge is 0.497 e. The van der Waals surface area contributed by atoms with Gasteiger partial charge in [-0.3, -0.25) is 4.99 Å². The maximum absolute atomic E-state index is 9.32. The van der Waals surface area contributed by atoms with E-state index < -0.39 is 0 Å². The highest BCUT2D eigenvalue weighted by Gasteiger charge is 2.34. The van der Waals surface area contributed by atoms with Gasteiger partial charge in [-0.15, -0.1) is 24.0 Å². The van der Waals surface area contributed by atoms with E-state index in [9.17, 15) is 5.11 Å². The average molecular weight is 493 g/mol. The van der Waals surface area contributed by atoms with Gasteiger partial charge in [0.15, 0.2) is 5.96 Å². The lowest BCUT2D eigenvalue weighted by Gasteiger charge is -2.27. The first-order valence-electron chi connectivity index (χ1n) is 9.00. The first-order valence-corrected chi connectivity index (χ1v) is 9.00. The minimum absolute atomic E-state index is 0. The number of methoxy groups -OCH3 is 2. The minimum Gasteiger partial charge on any atom is -0.497 e. The van der Waals surface area contributed by atoms with Gasteiger partial charge >= 0.3 is 0 Å². The van der Waals surface area contributed by atoms with Gasteiger partial charge in [-0.05, 0) is 43.0 Å². The van der Waals surface area contributed by atoms with Crippen LogP contribution in [0.15, 0.2) is 23.2 Å². The van der Waals surface area contributed by atoms with Crippen LogP contribution in [0.4, 0.5) is 0 Å². The molecule has 1 fully saturated rings. The summed E-state index contributed by atoms with van der Waals surface area (Å²) in [4.78, 5) is 4.28. The van der Waals surface area contributed by atoms with E-state index in [1.807, 2.05) is 18.2 Å². The van der Waals surface area contributed by atoms with Crippen molar-refractivity contribution in [2.24, 2.45) is 10.4 Å². The lowest BCUT2D eigenvalue weighted by molar-refractivity contribution is 0.127. The molecular weight excluding hydrogens is 461 g/mol. The van der Waals surface area contributed by atoms with Gasteiger partial charge in [0.25, 0.3) is 0 Å². The molecule has 27 heavy (non-hydrogen) atoms. The molecule has 154 valence electrons. The number of rotatable bonds is 9. The summed E-state index contributed by atoms with van der Waals surface area (Å²) in [7, 11) is 5.08. The monoisotopic (exact) mass is 493 g/mol. The standard InChI is InChI=1S/C19H31N3O4.HI/c1-20-18(22-13-19(7-10-23)8-11-26-14-19)21-9-6-15-12-16(24-2)4-5-17(15)25-3;/h4-5,12,23H,6-11,13-14H2,1-3H3,(H2,20,21,22);1H. The van der Waals surface area contributed by atoms with Gasteiger partial charge in [-0.1, -0.05) is 0 Å². The highest BCUT2D eigenvalue weighted by molar-refractivity contribution is 14.0. The Hall–Kier alpha value is -1.26. The number of nitrogens with one attached hydrogen (secondary N) is 2. The topological polar surface area (TPSA) is 84.3 Å². The third kappa shape index (κ3) is 7.00. The number of aliphatic imine (C=N–C) groups is 1. The van der Waals surface area contributed by atoms with Crippen molar-refractivity contribution in [2.45, 2.75) is 19.3 Å². The Kier molecular flexibility index (Phi) is 10.8. The summed E-state index contributed by atoms with van der Waals surface area (Å²) < 4.78 is 16.2. The summed E-state index contributed by atoms with van der Waals surface area (Å²) >= 11 is 0. The second kappa shape index (κ2) is 12.2. The molecule has 1 heterocycles. The van der Waals surface area contributed by atoms with Crippen molar-refractivity contribution in [1.82, 2.24) is 10.6 Å². The molecule has 2 rings (SSSR count). The smallest absolute Gasteiger partial charge is 0.191 e. The fourth-order valence-electron chi connectivity index (χ4n) is 3.20. The van der Waals surface area contributed by atoms with Crippen molar-refractivity contribution < 1.29 is 19.3 Å². The normalized spacial score (nSPS) is 19.3. The van der Waals surface area contributed by atoms with Crippen LogP contribution < -0.4 is 20.1 Å². The van der Waals surface area contributed by atoms with E-state index in [1.165, 1.54) is 0 Å². The molecule has 1 aliphatic heterocycles. The maximum atomic E-state index is 9.32. The molecular formula is C19H32IN3O4. The summed E-state index contributed by atoms with van der Waals surface area (Å²) in [6, 6.07) is 5.79. The maximum Gasteiger partial charge on any atom is 0.191 e. The van der Waals surface area contributed by atoms with Gasteiger partial charge in [-0.2, -0.15) is 0 Å². The molecule has 3 N–H and O–H groups in total. The van der Waals surface area contributed by atoms with Gasteiger partial charge in [0.2, 0.25) is 0 Å². The van der Waals surface area contributed by atoms with Crippen molar-refractivity contribution in [3.8, 4) is 11.5 Å². The summed E-state index contributed by atoms with van der Waals surface area (Å²) in [6.07, 6.45) is 2.47. The Morgan fingerprint density at radius 1 is 1.30 bits per heavy atom. The Morgan fingerprint density at radius 3 is 2.70 bits per heavy atom. The van der Waals surface area contributed by atoms with Gasteiger partial charge in [-0.25, -0.2) is 0 Å². The second-order valence-electron chi connectivity index (χ2n) is 6.56. The summed E-state index contributed by atoms with van der Waals surface area (Å²) in [5.74, 6) is 2.41. The molecule has 0 aromatic heterocycles. The zero-order valence-corrected chi connectivity index (χ0v) is 18.7. The van der Waals surface area contributed by atoms with Crippen molar-refractivity contribution in [1.29, 1.82) is 0 Å². The average Bonchev–Trinajstić information content (AvgIpc) is 3.13. The van der Waals surface area contributed by atoms with Crippen LogP contribution in [0, 0.1) is 5.41 Å². The van der Waals surface area contributed by atoms with E-state index >= 15 is 0 Å². The second-order valence-corrected chi connectivity index (χ2v) is 6.56. The summed E-state index contributed by atoms with van der Waals surface area (Å²) in [5, 5.41) is 16.0. The summed E-state index contributed by atoms with van der Waals surface area (Å²) in [6.45, 7) is 3.05. The molecule has 1 aliphatic rings. The van der Waals surface area contributed by atoms with Gasteiger partial charge in [0.05, 0.1) is 20.8 Å². The lowest BCUT2D eigenvalue weighted by atomic mass is 9.84.